The molecule has 1 aromatic carbocycles. The van der Waals surface area contributed by atoms with Gasteiger partial charge in [-0.1, -0.05) is 49.9 Å². The summed E-state index contributed by atoms with van der Waals surface area (Å²) in [6, 6.07) is 5.95. The van der Waals surface area contributed by atoms with E-state index in [0.29, 0.717) is 16.1 Å². The molecule has 0 saturated carbocycles. The Kier molecular flexibility index (Phi) is 8.27. The minimum absolute atomic E-state index is 0.541. The van der Waals surface area contributed by atoms with E-state index in [2.05, 4.69) is 19.2 Å². The molecule has 0 unspecified atom stereocenters. The average Bonchev–Trinajstić information content (AvgIpc) is 2.36. The third-order valence-electron chi connectivity index (χ3n) is 2.78. The molecule has 108 valence electrons. The molecule has 1 aromatic rings. The smallest absolute Gasteiger partial charge is 0.120 e. The highest BCUT2D eigenvalue weighted by Crippen LogP contribution is 2.26. The molecule has 0 aromatic heterocycles. The fourth-order valence-electron chi connectivity index (χ4n) is 1.73. The van der Waals surface area contributed by atoms with E-state index in [9.17, 15) is 0 Å². The summed E-state index contributed by atoms with van der Waals surface area (Å²) in [7, 11) is 0. The van der Waals surface area contributed by atoms with E-state index < -0.39 is 0 Å². The van der Waals surface area contributed by atoms with Gasteiger partial charge in [-0.15, -0.1) is 0 Å². The van der Waals surface area contributed by atoms with Crippen LogP contribution in [0.15, 0.2) is 18.2 Å². The summed E-state index contributed by atoms with van der Waals surface area (Å²) >= 11 is 11.8. The Labute approximate surface area is 126 Å². The predicted octanol–water partition coefficient (Wildman–Crippen LogP) is 4.93. The van der Waals surface area contributed by atoms with Gasteiger partial charge in [0.1, 0.15) is 5.75 Å². The molecule has 2 nitrogen and oxygen atoms in total. The normalized spacial score (nSPS) is 11.0. The second-order valence-corrected chi connectivity index (χ2v) is 5.76. The number of benzene rings is 1. The molecule has 0 aliphatic rings. The first-order valence-corrected chi connectivity index (χ1v) is 7.66. The van der Waals surface area contributed by atoms with Gasteiger partial charge < -0.3 is 10.1 Å². The molecule has 0 fully saturated rings. The molecule has 1 N–H and O–H groups in total. The van der Waals surface area contributed by atoms with E-state index in [-0.39, 0.29) is 0 Å². The van der Waals surface area contributed by atoms with E-state index in [4.69, 9.17) is 27.9 Å². The summed E-state index contributed by atoms with van der Waals surface area (Å²) < 4.78 is 5.63. The molecule has 0 saturated heterocycles. The third kappa shape index (κ3) is 7.66. The molecule has 0 spiro atoms. The Morgan fingerprint density at radius 1 is 1.05 bits per heavy atom. The van der Waals surface area contributed by atoms with Gasteiger partial charge >= 0.3 is 0 Å². The zero-order chi connectivity index (χ0) is 14.1. The molecule has 0 amide bonds. The van der Waals surface area contributed by atoms with Crippen LogP contribution < -0.4 is 10.1 Å². The number of ether oxygens (including phenoxy) is 1. The summed E-state index contributed by atoms with van der Waals surface area (Å²) in [6.45, 7) is 6.18. The van der Waals surface area contributed by atoms with Crippen molar-refractivity contribution in [2.75, 3.05) is 13.2 Å². The Hall–Kier alpha value is -0.440. The summed E-state index contributed by atoms with van der Waals surface area (Å²) in [6.07, 6.45) is 4.73. The van der Waals surface area contributed by atoms with E-state index in [1.807, 2.05) is 6.07 Å². The number of rotatable bonds is 9. The predicted molar refractivity (Wildman–Crippen MR) is 83.6 cm³/mol. The number of halogens is 2. The van der Waals surface area contributed by atoms with Crippen molar-refractivity contribution in [1.82, 2.24) is 5.32 Å². The van der Waals surface area contributed by atoms with Crippen LogP contribution in [0.2, 0.25) is 10.0 Å². The molecular formula is C15H23Cl2NO. The topological polar surface area (TPSA) is 21.3 Å². The van der Waals surface area contributed by atoms with Crippen LogP contribution in [0.4, 0.5) is 0 Å². The van der Waals surface area contributed by atoms with Crippen molar-refractivity contribution in [2.24, 2.45) is 0 Å². The molecule has 0 aliphatic carbocycles. The van der Waals surface area contributed by atoms with Gasteiger partial charge in [0.2, 0.25) is 0 Å². The van der Waals surface area contributed by atoms with E-state index in [1.165, 1.54) is 19.3 Å². The van der Waals surface area contributed by atoms with Crippen molar-refractivity contribution in [3.05, 3.63) is 28.2 Å². The van der Waals surface area contributed by atoms with Crippen LogP contribution in [0.3, 0.4) is 0 Å². The van der Waals surface area contributed by atoms with Crippen molar-refractivity contribution >= 4 is 23.2 Å². The minimum atomic E-state index is 0.541. The molecule has 0 heterocycles. The van der Waals surface area contributed by atoms with Gasteiger partial charge in [0.25, 0.3) is 0 Å². The zero-order valence-electron chi connectivity index (χ0n) is 11.7. The second kappa shape index (κ2) is 9.46. The molecule has 0 bridgehead atoms. The third-order valence-corrected chi connectivity index (χ3v) is 3.52. The summed E-state index contributed by atoms with van der Waals surface area (Å²) in [4.78, 5) is 0. The first kappa shape index (κ1) is 16.6. The highest BCUT2D eigenvalue weighted by atomic mass is 35.5. The van der Waals surface area contributed by atoms with E-state index >= 15 is 0 Å². The van der Waals surface area contributed by atoms with Crippen molar-refractivity contribution in [1.29, 1.82) is 0 Å². The first-order valence-electron chi connectivity index (χ1n) is 6.91. The van der Waals surface area contributed by atoms with Gasteiger partial charge in [-0.25, -0.2) is 0 Å². The van der Waals surface area contributed by atoms with Gasteiger partial charge in [-0.2, -0.15) is 0 Å². The van der Waals surface area contributed by atoms with Crippen LogP contribution in [0, 0.1) is 0 Å². The van der Waals surface area contributed by atoms with Gasteiger partial charge in [0, 0.05) is 12.1 Å². The standard InChI is InChI=1S/C15H23Cl2NO/c1-12(2)18-9-5-3-4-6-10-19-13-7-8-14(16)15(17)11-13/h7-8,11-12,18H,3-6,9-10H2,1-2H3. The second-order valence-electron chi connectivity index (χ2n) is 4.95. The molecule has 0 radical (unpaired) electrons. The van der Waals surface area contributed by atoms with E-state index in [0.717, 1.165) is 25.3 Å². The van der Waals surface area contributed by atoms with Crippen LogP contribution in [-0.2, 0) is 0 Å². The maximum Gasteiger partial charge on any atom is 0.120 e. The Bertz CT molecular complexity index is 369. The molecule has 0 atom stereocenters. The van der Waals surface area contributed by atoms with Gasteiger partial charge in [-0.05, 0) is 31.5 Å². The number of nitrogens with one attached hydrogen (secondary N) is 1. The quantitative estimate of drug-likeness (QED) is 0.653. The minimum Gasteiger partial charge on any atom is -0.494 e. The average molecular weight is 304 g/mol. The van der Waals surface area contributed by atoms with Crippen LogP contribution in [0.25, 0.3) is 0 Å². The fraction of sp³-hybridized carbons (Fsp3) is 0.600. The zero-order valence-corrected chi connectivity index (χ0v) is 13.2. The lowest BCUT2D eigenvalue weighted by Crippen LogP contribution is -2.23. The van der Waals surface area contributed by atoms with Crippen molar-refractivity contribution in [2.45, 2.75) is 45.6 Å². The Balaban J connectivity index is 2.03. The summed E-state index contributed by atoms with van der Waals surface area (Å²) in [5.41, 5.74) is 0. The monoisotopic (exact) mass is 303 g/mol. The van der Waals surface area contributed by atoms with Gasteiger partial charge in [0.05, 0.1) is 16.7 Å². The Morgan fingerprint density at radius 2 is 1.79 bits per heavy atom. The largest absolute Gasteiger partial charge is 0.494 e. The van der Waals surface area contributed by atoms with E-state index in [1.54, 1.807) is 12.1 Å². The van der Waals surface area contributed by atoms with Gasteiger partial charge in [0.15, 0.2) is 0 Å². The maximum atomic E-state index is 5.92. The molecule has 19 heavy (non-hydrogen) atoms. The fourth-order valence-corrected chi connectivity index (χ4v) is 2.02. The molecule has 0 aliphatic heterocycles. The van der Waals surface area contributed by atoms with Crippen LogP contribution in [-0.4, -0.2) is 19.2 Å². The van der Waals surface area contributed by atoms with Crippen LogP contribution >= 0.6 is 23.2 Å². The molecule has 4 heteroatoms. The van der Waals surface area contributed by atoms with Crippen LogP contribution in [0.1, 0.15) is 39.5 Å². The number of hydrogen-bond donors (Lipinski definition) is 1. The van der Waals surface area contributed by atoms with Crippen LogP contribution in [0.5, 0.6) is 5.75 Å². The lowest BCUT2D eigenvalue weighted by Gasteiger charge is -2.08. The SMILES string of the molecule is CC(C)NCCCCCCOc1ccc(Cl)c(Cl)c1. The van der Waals surface area contributed by atoms with Crippen molar-refractivity contribution < 1.29 is 4.74 Å². The highest BCUT2D eigenvalue weighted by Gasteiger charge is 2.00. The van der Waals surface area contributed by atoms with Crippen molar-refractivity contribution in [3.63, 3.8) is 0 Å². The maximum absolute atomic E-state index is 5.92. The Morgan fingerprint density at radius 3 is 2.47 bits per heavy atom. The molecule has 1 rings (SSSR count). The summed E-state index contributed by atoms with van der Waals surface area (Å²) in [5.74, 6) is 0.788. The number of hydrogen-bond acceptors (Lipinski definition) is 2. The lowest BCUT2D eigenvalue weighted by molar-refractivity contribution is 0.304. The highest BCUT2D eigenvalue weighted by molar-refractivity contribution is 6.42. The first-order chi connectivity index (χ1) is 9.09. The number of unbranched alkanes of at least 4 members (excludes halogenated alkanes) is 3. The molecular weight excluding hydrogens is 281 g/mol. The van der Waals surface area contributed by atoms with Crippen molar-refractivity contribution in [3.8, 4) is 5.75 Å². The van der Waals surface area contributed by atoms with Gasteiger partial charge in [-0.3, -0.25) is 0 Å². The lowest BCUT2D eigenvalue weighted by atomic mass is 10.2. The summed E-state index contributed by atoms with van der Waals surface area (Å²) in [5, 5.41) is 4.52.